The van der Waals surface area contributed by atoms with Crippen molar-refractivity contribution in [1.82, 2.24) is 4.31 Å². The van der Waals surface area contributed by atoms with E-state index in [1.165, 1.54) is 51.4 Å². The van der Waals surface area contributed by atoms with Crippen molar-refractivity contribution in [3.63, 3.8) is 0 Å². The highest BCUT2D eigenvalue weighted by Crippen LogP contribution is 2.24. The summed E-state index contributed by atoms with van der Waals surface area (Å²) in [6, 6.07) is 7.66. The second kappa shape index (κ2) is 9.10. The molecule has 0 spiro atoms. The first-order chi connectivity index (χ1) is 14.3. The zero-order valence-corrected chi connectivity index (χ0v) is 18.1. The number of sulfonamides is 1. The number of carbonyl (C=O) groups is 2. The minimum atomic E-state index is -3.71. The van der Waals surface area contributed by atoms with Crippen LogP contribution in [0.1, 0.15) is 22.8 Å². The van der Waals surface area contributed by atoms with Crippen molar-refractivity contribution in [3.8, 4) is 0 Å². The number of nitrogens with zero attached hydrogens (tertiary/aromatic N) is 2. The Morgan fingerprint density at radius 1 is 1.19 bits per heavy atom. The Labute approximate surface area is 179 Å². The molecule has 0 aliphatic rings. The summed E-state index contributed by atoms with van der Waals surface area (Å²) in [4.78, 5) is 35.0. The van der Waals surface area contributed by atoms with Crippen LogP contribution in [0.25, 0.3) is 0 Å². The lowest BCUT2D eigenvalue weighted by Crippen LogP contribution is -2.30. The highest BCUT2D eigenvalue weighted by atomic mass is 32.2. The molecule has 0 aliphatic heterocycles. The van der Waals surface area contributed by atoms with Crippen molar-refractivity contribution >= 4 is 39.0 Å². The maximum Gasteiger partial charge on any atom is 0.339 e. The standard InChI is InChI=1S/C19H22N4O7S/c1-11-5-7-14(31(28,29)22(3)4)10-16(11)21-18(24)12(2)30-19(25)13-6-8-15(20)17(9-13)23(26)27/h5-10,12H,20H2,1-4H3,(H,21,24). The molecular formula is C19H22N4O7S. The molecule has 1 atom stereocenters. The second-order valence-corrected chi connectivity index (χ2v) is 8.98. The van der Waals surface area contributed by atoms with Gasteiger partial charge in [0.15, 0.2) is 6.10 Å². The predicted molar refractivity (Wildman–Crippen MR) is 113 cm³/mol. The zero-order valence-electron chi connectivity index (χ0n) is 17.3. The van der Waals surface area contributed by atoms with E-state index in [-0.39, 0.29) is 21.8 Å². The first-order valence-corrected chi connectivity index (χ1v) is 10.4. The molecule has 166 valence electrons. The summed E-state index contributed by atoms with van der Waals surface area (Å²) in [5, 5.41) is 13.5. The van der Waals surface area contributed by atoms with Crippen molar-refractivity contribution in [3.05, 3.63) is 57.6 Å². The van der Waals surface area contributed by atoms with Crippen molar-refractivity contribution in [2.75, 3.05) is 25.1 Å². The van der Waals surface area contributed by atoms with Crippen LogP contribution in [0.2, 0.25) is 0 Å². The number of nitro groups is 1. The molecule has 31 heavy (non-hydrogen) atoms. The predicted octanol–water partition coefficient (Wildman–Crippen LogP) is 1.92. The number of nitrogens with two attached hydrogens (primary N) is 1. The minimum absolute atomic E-state index is 0.0165. The van der Waals surface area contributed by atoms with Gasteiger partial charge in [-0.2, -0.15) is 0 Å². The molecule has 12 heteroatoms. The molecule has 0 saturated carbocycles. The Morgan fingerprint density at radius 3 is 2.42 bits per heavy atom. The summed E-state index contributed by atoms with van der Waals surface area (Å²) in [5.74, 6) is -1.66. The van der Waals surface area contributed by atoms with E-state index in [1.54, 1.807) is 6.92 Å². The Bertz CT molecular complexity index is 1150. The molecule has 1 amide bonds. The summed E-state index contributed by atoms with van der Waals surface area (Å²) in [7, 11) is -0.940. The first-order valence-electron chi connectivity index (χ1n) is 8.93. The van der Waals surface area contributed by atoms with Gasteiger partial charge in [-0.3, -0.25) is 14.9 Å². The van der Waals surface area contributed by atoms with Crippen LogP contribution >= 0.6 is 0 Å². The van der Waals surface area contributed by atoms with Gasteiger partial charge in [0.25, 0.3) is 11.6 Å². The third-order valence-corrected chi connectivity index (χ3v) is 6.17. The highest BCUT2D eigenvalue weighted by Gasteiger charge is 2.23. The van der Waals surface area contributed by atoms with Crippen LogP contribution in [0.3, 0.4) is 0 Å². The number of esters is 1. The molecule has 0 aromatic heterocycles. The number of ether oxygens (including phenoxy) is 1. The number of benzene rings is 2. The van der Waals surface area contributed by atoms with E-state index in [9.17, 15) is 28.1 Å². The molecule has 0 aliphatic carbocycles. The molecule has 0 radical (unpaired) electrons. The summed E-state index contributed by atoms with van der Waals surface area (Å²) >= 11 is 0. The molecule has 0 fully saturated rings. The van der Waals surface area contributed by atoms with Gasteiger partial charge in [0, 0.05) is 25.8 Å². The molecular weight excluding hydrogens is 428 g/mol. The van der Waals surface area contributed by atoms with E-state index >= 15 is 0 Å². The maximum atomic E-state index is 12.5. The number of nitro benzene ring substituents is 1. The normalized spacial score (nSPS) is 12.3. The van der Waals surface area contributed by atoms with Gasteiger partial charge in [0.05, 0.1) is 15.4 Å². The number of rotatable bonds is 7. The van der Waals surface area contributed by atoms with Crippen LogP contribution in [0.4, 0.5) is 17.1 Å². The largest absolute Gasteiger partial charge is 0.449 e. The van der Waals surface area contributed by atoms with Gasteiger partial charge in [-0.25, -0.2) is 17.5 Å². The third-order valence-electron chi connectivity index (χ3n) is 4.36. The smallest absolute Gasteiger partial charge is 0.339 e. The number of nitrogens with one attached hydrogen (secondary N) is 1. The minimum Gasteiger partial charge on any atom is -0.449 e. The van der Waals surface area contributed by atoms with Crippen LogP contribution in [-0.4, -0.2) is 49.7 Å². The lowest BCUT2D eigenvalue weighted by Gasteiger charge is -2.17. The molecule has 3 N–H and O–H groups in total. The van der Waals surface area contributed by atoms with Crippen LogP contribution < -0.4 is 11.1 Å². The number of nitrogen functional groups attached to an aromatic ring is 1. The van der Waals surface area contributed by atoms with Gasteiger partial charge in [0.1, 0.15) is 5.69 Å². The van der Waals surface area contributed by atoms with Crippen molar-refractivity contribution in [2.24, 2.45) is 0 Å². The lowest BCUT2D eigenvalue weighted by atomic mass is 10.1. The number of carbonyl (C=O) groups excluding carboxylic acids is 2. The third kappa shape index (κ3) is 5.35. The fraction of sp³-hybridized carbons (Fsp3) is 0.263. The van der Waals surface area contributed by atoms with Crippen molar-refractivity contribution in [2.45, 2.75) is 24.8 Å². The van der Waals surface area contributed by atoms with Gasteiger partial charge in [-0.15, -0.1) is 0 Å². The lowest BCUT2D eigenvalue weighted by molar-refractivity contribution is -0.383. The quantitative estimate of drug-likeness (QED) is 0.280. The zero-order chi connectivity index (χ0) is 23.5. The maximum absolute atomic E-state index is 12.5. The van der Waals surface area contributed by atoms with E-state index in [2.05, 4.69) is 5.32 Å². The van der Waals surface area contributed by atoms with Gasteiger partial charge in [0.2, 0.25) is 10.0 Å². The molecule has 11 nitrogen and oxygen atoms in total. The first kappa shape index (κ1) is 23.8. The summed E-state index contributed by atoms with van der Waals surface area (Å²) in [5.41, 5.74) is 5.61. The van der Waals surface area contributed by atoms with Crippen LogP contribution in [-0.2, 0) is 19.6 Å². The molecule has 0 saturated heterocycles. The van der Waals surface area contributed by atoms with Crippen molar-refractivity contribution in [1.29, 1.82) is 0 Å². The molecule has 2 aromatic carbocycles. The van der Waals surface area contributed by atoms with Gasteiger partial charge in [-0.05, 0) is 43.7 Å². The van der Waals surface area contributed by atoms with Gasteiger partial charge >= 0.3 is 5.97 Å². The van der Waals surface area contributed by atoms with Crippen LogP contribution in [0.15, 0.2) is 41.3 Å². The Balaban J connectivity index is 2.17. The van der Waals surface area contributed by atoms with Crippen LogP contribution in [0.5, 0.6) is 0 Å². The molecule has 2 rings (SSSR count). The molecule has 1 unspecified atom stereocenters. The molecule has 2 aromatic rings. The number of aryl methyl sites for hydroxylation is 1. The fourth-order valence-electron chi connectivity index (χ4n) is 2.45. The van der Waals surface area contributed by atoms with E-state index in [0.29, 0.717) is 5.56 Å². The Kier molecular flexibility index (Phi) is 6.98. The van der Waals surface area contributed by atoms with E-state index in [0.717, 1.165) is 10.4 Å². The average Bonchev–Trinajstić information content (AvgIpc) is 2.69. The van der Waals surface area contributed by atoms with Gasteiger partial charge in [-0.1, -0.05) is 6.07 Å². The second-order valence-electron chi connectivity index (χ2n) is 6.83. The number of anilines is 2. The molecule has 0 heterocycles. The summed E-state index contributed by atoms with van der Waals surface area (Å²) < 4.78 is 30.7. The fourth-order valence-corrected chi connectivity index (χ4v) is 3.38. The van der Waals surface area contributed by atoms with E-state index in [1.807, 2.05) is 0 Å². The van der Waals surface area contributed by atoms with Gasteiger partial charge < -0.3 is 15.8 Å². The Morgan fingerprint density at radius 2 is 1.84 bits per heavy atom. The van der Waals surface area contributed by atoms with E-state index in [4.69, 9.17) is 10.5 Å². The number of hydrogen-bond acceptors (Lipinski definition) is 8. The average molecular weight is 450 g/mol. The monoisotopic (exact) mass is 450 g/mol. The molecule has 0 bridgehead atoms. The number of hydrogen-bond donors (Lipinski definition) is 2. The SMILES string of the molecule is Cc1ccc(S(=O)(=O)N(C)C)cc1NC(=O)C(C)OC(=O)c1ccc(N)c([N+](=O)[O-])c1. The summed E-state index contributed by atoms with van der Waals surface area (Å²) in [6.45, 7) is 2.99. The van der Waals surface area contributed by atoms with E-state index < -0.39 is 38.6 Å². The number of amides is 1. The Hall–Kier alpha value is -3.51. The highest BCUT2D eigenvalue weighted by molar-refractivity contribution is 7.89. The summed E-state index contributed by atoms with van der Waals surface area (Å²) in [6.07, 6.45) is -1.27. The topological polar surface area (TPSA) is 162 Å². The van der Waals surface area contributed by atoms with Crippen molar-refractivity contribution < 1.29 is 27.7 Å². The van der Waals surface area contributed by atoms with Crippen LogP contribution in [0, 0.1) is 17.0 Å².